The molecular formula is C9H7F3N2O4. The highest BCUT2D eigenvalue weighted by atomic mass is 19.4. The number of carboxylic acid groups (broad SMARTS) is 1. The Morgan fingerprint density at radius 1 is 1.44 bits per heavy atom. The molecule has 0 unspecified atom stereocenters. The van der Waals surface area contributed by atoms with Gasteiger partial charge in [-0.25, -0.2) is 4.79 Å². The summed E-state index contributed by atoms with van der Waals surface area (Å²) < 4.78 is 37.1. The maximum Gasteiger partial charge on any atom is 0.407 e. The van der Waals surface area contributed by atoms with Crippen LogP contribution < -0.4 is 5.73 Å². The first-order valence-corrected chi connectivity index (χ1v) is 4.48. The van der Waals surface area contributed by atoms with Crippen LogP contribution in [0.3, 0.4) is 0 Å². The predicted molar refractivity (Wildman–Crippen MR) is 53.0 cm³/mol. The van der Waals surface area contributed by atoms with Crippen molar-refractivity contribution in [3.63, 3.8) is 0 Å². The third-order valence-electron chi connectivity index (χ3n) is 2.16. The van der Waals surface area contributed by atoms with E-state index in [0.29, 0.717) is 12.1 Å². The number of halogens is 3. The normalized spacial score (nSPS) is 13.1. The minimum Gasteiger partial charge on any atom is -0.478 e. The number of aromatic carboxylic acids is 1. The summed E-state index contributed by atoms with van der Waals surface area (Å²) >= 11 is 0. The van der Waals surface area contributed by atoms with E-state index in [1.54, 1.807) is 0 Å². The van der Waals surface area contributed by atoms with Gasteiger partial charge in [-0.2, -0.15) is 13.2 Å². The van der Waals surface area contributed by atoms with Gasteiger partial charge in [0.25, 0.3) is 5.69 Å². The molecule has 0 saturated heterocycles. The number of nitro groups is 1. The van der Waals surface area contributed by atoms with Gasteiger partial charge >= 0.3 is 12.1 Å². The molecule has 18 heavy (non-hydrogen) atoms. The second-order valence-corrected chi connectivity index (χ2v) is 3.36. The zero-order valence-corrected chi connectivity index (χ0v) is 8.64. The van der Waals surface area contributed by atoms with Gasteiger partial charge in [-0.05, 0) is 12.1 Å². The summed E-state index contributed by atoms with van der Waals surface area (Å²) in [6, 6.07) is -0.472. The van der Waals surface area contributed by atoms with Crippen LogP contribution >= 0.6 is 0 Å². The van der Waals surface area contributed by atoms with Crippen molar-refractivity contribution >= 4 is 11.7 Å². The van der Waals surface area contributed by atoms with Crippen LogP contribution in [-0.4, -0.2) is 22.2 Å². The van der Waals surface area contributed by atoms with E-state index in [4.69, 9.17) is 10.8 Å². The Morgan fingerprint density at radius 2 is 2.00 bits per heavy atom. The van der Waals surface area contributed by atoms with Crippen molar-refractivity contribution < 1.29 is 28.0 Å². The van der Waals surface area contributed by atoms with E-state index in [2.05, 4.69) is 0 Å². The first-order valence-electron chi connectivity index (χ1n) is 4.48. The van der Waals surface area contributed by atoms with Crippen LogP contribution in [0, 0.1) is 10.1 Å². The standard InChI is InChI=1S/C9H7F3N2O4/c10-9(11,12)7(13)5-2-1-4(8(15)16)3-6(5)14(17)18/h1-3,7H,13H2,(H,15,16)/t7-/m1/s1. The van der Waals surface area contributed by atoms with Crippen molar-refractivity contribution in [2.24, 2.45) is 5.73 Å². The maximum absolute atomic E-state index is 12.4. The lowest BCUT2D eigenvalue weighted by atomic mass is 10.0. The zero-order chi connectivity index (χ0) is 14.1. The highest BCUT2D eigenvalue weighted by Gasteiger charge is 2.41. The van der Waals surface area contributed by atoms with Gasteiger partial charge in [0.2, 0.25) is 0 Å². The number of hydrogen-bond acceptors (Lipinski definition) is 4. The quantitative estimate of drug-likeness (QED) is 0.640. The number of nitrogens with two attached hydrogens (primary N) is 1. The summed E-state index contributed by atoms with van der Waals surface area (Å²) in [6.07, 6.45) is -4.85. The fourth-order valence-corrected chi connectivity index (χ4v) is 1.27. The molecule has 0 bridgehead atoms. The molecule has 1 aromatic carbocycles. The molecule has 3 N–H and O–H groups in total. The monoisotopic (exact) mass is 264 g/mol. The van der Waals surface area contributed by atoms with Crippen LogP contribution in [0.2, 0.25) is 0 Å². The number of rotatable bonds is 3. The second kappa shape index (κ2) is 4.61. The summed E-state index contributed by atoms with van der Waals surface area (Å²) in [7, 11) is 0. The molecule has 0 heterocycles. The van der Waals surface area contributed by atoms with E-state index in [1.165, 1.54) is 0 Å². The highest BCUT2D eigenvalue weighted by molar-refractivity contribution is 5.88. The maximum atomic E-state index is 12.4. The summed E-state index contributed by atoms with van der Waals surface area (Å²) in [5.74, 6) is -1.48. The lowest BCUT2D eigenvalue weighted by Crippen LogP contribution is -2.29. The highest BCUT2D eigenvalue weighted by Crippen LogP contribution is 2.35. The lowest BCUT2D eigenvalue weighted by molar-refractivity contribution is -0.386. The third-order valence-corrected chi connectivity index (χ3v) is 2.16. The van der Waals surface area contributed by atoms with Crippen LogP contribution in [0.25, 0.3) is 0 Å². The van der Waals surface area contributed by atoms with E-state index in [-0.39, 0.29) is 0 Å². The van der Waals surface area contributed by atoms with E-state index < -0.39 is 39.9 Å². The molecule has 0 spiro atoms. The molecule has 0 aliphatic carbocycles. The zero-order valence-electron chi connectivity index (χ0n) is 8.64. The van der Waals surface area contributed by atoms with Gasteiger partial charge in [-0.15, -0.1) is 0 Å². The van der Waals surface area contributed by atoms with Crippen LogP contribution in [-0.2, 0) is 0 Å². The number of hydrogen-bond donors (Lipinski definition) is 2. The molecular weight excluding hydrogens is 257 g/mol. The fourth-order valence-electron chi connectivity index (χ4n) is 1.27. The van der Waals surface area contributed by atoms with Crippen LogP contribution in [0.5, 0.6) is 0 Å². The molecule has 9 heteroatoms. The molecule has 6 nitrogen and oxygen atoms in total. The number of carbonyl (C=O) groups is 1. The average Bonchev–Trinajstić information content (AvgIpc) is 2.25. The van der Waals surface area contributed by atoms with Gasteiger partial charge in [0.1, 0.15) is 6.04 Å². The molecule has 0 fully saturated rings. The van der Waals surface area contributed by atoms with Crippen molar-refractivity contribution in [2.45, 2.75) is 12.2 Å². The summed E-state index contributed by atoms with van der Waals surface area (Å²) in [5, 5.41) is 19.2. The summed E-state index contributed by atoms with van der Waals surface area (Å²) in [6.45, 7) is 0. The Bertz CT molecular complexity index is 501. The van der Waals surface area contributed by atoms with E-state index >= 15 is 0 Å². The predicted octanol–water partition coefficient (Wildman–Crippen LogP) is 1.86. The molecule has 0 aliphatic rings. The Labute approximate surface area is 98.0 Å². The fraction of sp³-hybridized carbons (Fsp3) is 0.222. The van der Waals surface area contributed by atoms with E-state index in [0.717, 1.165) is 6.07 Å². The Hall–Kier alpha value is -2.16. The van der Waals surface area contributed by atoms with Crippen molar-refractivity contribution in [3.8, 4) is 0 Å². The molecule has 1 atom stereocenters. The third kappa shape index (κ3) is 2.74. The number of nitrogens with zero attached hydrogens (tertiary/aromatic N) is 1. The van der Waals surface area contributed by atoms with Gasteiger partial charge in [0.05, 0.1) is 16.1 Å². The topological polar surface area (TPSA) is 106 Å². The van der Waals surface area contributed by atoms with Gasteiger partial charge in [-0.3, -0.25) is 10.1 Å². The molecule has 0 radical (unpaired) electrons. The SMILES string of the molecule is N[C@H](c1ccc(C(=O)O)cc1[N+](=O)[O-])C(F)(F)F. The average molecular weight is 264 g/mol. The minimum atomic E-state index is -4.85. The molecule has 1 aromatic rings. The lowest BCUT2D eigenvalue weighted by Gasteiger charge is -2.15. The van der Waals surface area contributed by atoms with Crippen molar-refractivity contribution in [1.82, 2.24) is 0 Å². The van der Waals surface area contributed by atoms with E-state index in [9.17, 15) is 28.1 Å². The smallest absolute Gasteiger partial charge is 0.407 e. The number of nitro benzene ring substituents is 1. The molecule has 0 amide bonds. The molecule has 0 aliphatic heterocycles. The molecule has 0 saturated carbocycles. The number of carboxylic acids is 1. The second-order valence-electron chi connectivity index (χ2n) is 3.36. The minimum absolute atomic E-state index is 0.486. The van der Waals surface area contributed by atoms with Crippen LogP contribution in [0.4, 0.5) is 18.9 Å². The van der Waals surface area contributed by atoms with Gasteiger partial charge in [0, 0.05) is 6.07 Å². The van der Waals surface area contributed by atoms with E-state index in [1.807, 2.05) is 0 Å². The Balaban J connectivity index is 3.37. The van der Waals surface area contributed by atoms with Gasteiger partial charge < -0.3 is 10.8 Å². The number of benzene rings is 1. The summed E-state index contributed by atoms with van der Waals surface area (Å²) in [5.41, 5.74) is 2.62. The van der Waals surface area contributed by atoms with Gasteiger partial charge in [0.15, 0.2) is 0 Å². The largest absolute Gasteiger partial charge is 0.478 e. The Morgan fingerprint density at radius 3 is 2.39 bits per heavy atom. The van der Waals surface area contributed by atoms with Crippen LogP contribution in [0.1, 0.15) is 22.0 Å². The van der Waals surface area contributed by atoms with Gasteiger partial charge in [-0.1, -0.05) is 0 Å². The van der Waals surface area contributed by atoms with Crippen molar-refractivity contribution in [3.05, 3.63) is 39.4 Å². The number of alkyl halides is 3. The Kier molecular flexibility index (Phi) is 3.56. The summed E-state index contributed by atoms with van der Waals surface area (Å²) in [4.78, 5) is 20.1. The molecule has 1 rings (SSSR count). The first kappa shape index (κ1) is 13.9. The van der Waals surface area contributed by atoms with Crippen LogP contribution in [0.15, 0.2) is 18.2 Å². The molecule has 0 aromatic heterocycles. The molecule has 98 valence electrons. The van der Waals surface area contributed by atoms with Crippen molar-refractivity contribution in [1.29, 1.82) is 0 Å². The van der Waals surface area contributed by atoms with Crippen molar-refractivity contribution in [2.75, 3.05) is 0 Å². The first-order chi connectivity index (χ1) is 8.14.